The van der Waals surface area contributed by atoms with Crippen LogP contribution in [-0.2, 0) is 4.79 Å². The van der Waals surface area contributed by atoms with Crippen molar-refractivity contribution >= 4 is 5.78 Å². The summed E-state index contributed by atoms with van der Waals surface area (Å²) in [5.41, 5.74) is 0. The average molecular weight is 134 g/mol. The number of Topliss-reactive ketones (excluding diaryl/α,β-unsaturated/α-hetero) is 1. The van der Waals surface area contributed by atoms with Gasteiger partial charge in [-0.05, 0) is 6.92 Å². The summed E-state index contributed by atoms with van der Waals surface area (Å²) in [6.07, 6.45) is -2.64. The summed E-state index contributed by atoms with van der Waals surface area (Å²) in [5, 5.41) is 25.2. The molecule has 0 heterocycles. The van der Waals surface area contributed by atoms with Crippen LogP contribution in [0.2, 0.25) is 0 Å². The molecule has 54 valence electrons. The van der Waals surface area contributed by atoms with Crippen molar-refractivity contribution < 1.29 is 20.1 Å². The minimum Gasteiger partial charge on any atom is -0.393 e. The second-order valence-corrected chi connectivity index (χ2v) is 1.78. The molecule has 0 aliphatic rings. The standard InChI is InChI=1S/C5H10O4/c1-3(7)5(9)4(8)2-6/h3-4,6-8H,2H2,1H3. The number of aliphatic hydroxyl groups is 3. The number of carbonyl (C=O) groups is 1. The number of hydrogen-bond donors (Lipinski definition) is 3. The van der Waals surface area contributed by atoms with Gasteiger partial charge in [-0.3, -0.25) is 4.79 Å². The summed E-state index contributed by atoms with van der Waals surface area (Å²) in [6, 6.07) is 0. The van der Waals surface area contributed by atoms with Gasteiger partial charge in [-0.1, -0.05) is 0 Å². The summed E-state index contributed by atoms with van der Waals surface area (Å²) in [6.45, 7) is 0.602. The Labute approximate surface area is 52.7 Å². The lowest BCUT2D eigenvalue weighted by Gasteiger charge is -2.06. The van der Waals surface area contributed by atoms with Gasteiger partial charge < -0.3 is 15.3 Å². The first-order chi connectivity index (χ1) is 4.09. The summed E-state index contributed by atoms with van der Waals surface area (Å²) in [5.74, 6) is -0.752. The van der Waals surface area contributed by atoms with Crippen LogP contribution >= 0.6 is 0 Å². The van der Waals surface area contributed by atoms with Crippen molar-refractivity contribution in [2.75, 3.05) is 6.61 Å². The van der Waals surface area contributed by atoms with E-state index in [0.717, 1.165) is 0 Å². The molecule has 0 saturated heterocycles. The topological polar surface area (TPSA) is 77.8 Å². The summed E-state index contributed by atoms with van der Waals surface area (Å²) in [4.78, 5) is 10.4. The third-order valence-corrected chi connectivity index (χ3v) is 0.913. The van der Waals surface area contributed by atoms with E-state index < -0.39 is 24.6 Å². The molecule has 3 N–H and O–H groups in total. The summed E-state index contributed by atoms with van der Waals surface area (Å²) >= 11 is 0. The fraction of sp³-hybridized carbons (Fsp3) is 0.800. The van der Waals surface area contributed by atoms with Crippen LogP contribution in [0.3, 0.4) is 0 Å². The van der Waals surface area contributed by atoms with Gasteiger partial charge in [0, 0.05) is 0 Å². The van der Waals surface area contributed by atoms with Gasteiger partial charge in [-0.25, -0.2) is 0 Å². The Morgan fingerprint density at radius 3 is 2.11 bits per heavy atom. The number of hydrogen-bond acceptors (Lipinski definition) is 4. The third-order valence-electron chi connectivity index (χ3n) is 0.913. The maximum absolute atomic E-state index is 10.4. The SMILES string of the molecule is CC(O)C(=O)C(O)CO. The van der Waals surface area contributed by atoms with Gasteiger partial charge in [-0.2, -0.15) is 0 Å². The number of aliphatic hydroxyl groups excluding tert-OH is 3. The lowest BCUT2D eigenvalue weighted by molar-refractivity contribution is -0.136. The van der Waals surface area contributed by atoms with Crippen molar-refractivity contribution in [3.05, 3.63) is 0 Å². The van der Waals surface area contributed by atoms with Crippen molar-refractivity contribution in [1.29, 1.82) is 0 Å². The lowest BCUT2D eigenvalue weighted by atomic mass is 10.2. The van der Waals surface area contributed by atoms with E-state index in [4.69, 9.17) is 15.3 Å². The van der Waals surface area contributed by atoms with Crippen LogP contribution in [0.1, 0.15) is 6.92 Å². The van der Waals surface area contributed by atoms with Crippen molar-refractivity contribution in [2.45, 2.75) is 19.1 Å². The van der Waals surface area contributed by atoms with E-state index in [9.17, 15) is 4.79 Å². The first-order valence-electron chi connectivity index (χ1n) is 2.60. The second kappa shape index (κ2) is 3.55. The van der Waals surface area contributed by atoms with Gasteiger partial charge in [0.2, 0.25) is 0 Å². The van der Waals surface area contributed by atoms with E-state index in [1.165, 1.54) is 6.92 Å². The van der Waals surface area contributed by atoms with Crippen LogP contribution in [0.15, 0.2) is 0 Å². The van der Waals surface area contributed by atoms with Gasteiger partial charge in [-0.15, -0.1) is 0 Å². The molecule has 4 nitrogen and oxygen atoms in total. The molecule has 0 saturated carbocycles. The van der Waals surface area contributed by atoms with Crippen LogP contribution < -0.4 is 0 Å². The van der Waals surface area contributed by atoms with Crippen molar-refractivity contribution in [3.63, 3.8) is 0 Å². The fourth-order valence-corrected chi connectivity index (χ4v) is 0.368. The number of ketones is 1. The minimum absolute atomic E-state index is 0.635. The molecule has 0 amide bonds. The van der Waals surface area contributed by atoms with E-state index in [-0.39, 0.29) is 0 Å². The molecule has 0 radical (unpaired) electrons. The highest BCUT2D eigenvalue weighted by Gasteiger charge is 2.17. The highest BCUT2D eigenvalue weighted by Crippen LogP contribution is 1.89. The van der Waals surface area contributed by atoms with Crippen LogP contribution in [0.4, 0.5) is 0 Å². The molecular weight excluding hydrogens is 124 g/mol. The normalized spacial score (nSPS) is 16.9. The highest BCUT2D eigenvalue weighted by molar-refractivity contribution is 5.86. The zero-order valence-electron chi connectivity index (χ0n) is 5.11. The smallest absolute Gasteiger partial charge is 0.191 e. The Kier molecular flexibility index (Phi) is 3.37. The van der Waals surface area contributed by atoms with E-state index in [2.05, 4.69) is 0 Å². The molecule has 4 heteroatoms. The quantitative estimate of drug-likeness (QED) is 0.429. The van der Waals surface area contributed by atoms with Gasteiger partial charge >= 0.3 is 0 Å². The summed E-state index contributed by atoms with van der Waals surface area (Å²) < 4.78 is 0. The van der Waals surface area contributed by atoms with Crippen LogP contribution in [-0.4, -0.2) is 39.9 Å². The first kappa shape index (κ1) is 8.55. The zero-order valence-corrected chi connectivity index (χ0v) is 5.11. The molecule has 0 rings (SSSR count). The molecule has 0 aromatic rings. The molecule has 0 spiro atoms. The molecule has 9 heavy (non-hydrogen) atoms. The minimum atomic E-state index is -1.44. The van der Waals surface area contributed by atoms with Crippen molar-refractivity contribution in [3.8, 4) is 0 Å². The number of carbonyl (C=O) groups excluding carboxylic acids is 1. The second-order valence-electron chi connectivity index (χ2n) is 1.78. The predicted octanol–water partition coefficient (Wildman–Crippen LogP) is -1.71. The Balaban J connectivity index is 3.73. The first-order valence-corrected chi connectivity index (χ1v) is 2.60. The maximum Gasteiger partial charge on any atom is 0.191 e. The molecule has 2 unspecified atom stereocenters. The van der Waals surface area contributed by atoms with Gasteiger partial charge in [0.1, 0.15) is 12.2 Å². The molecule has 2 atom stereocenters. The lowest BCUT2D eigenvalue weighted by Crippen LogP contribution is -2.32. The Hall–Kier alpha value is -0.450. The highest BCUT2D eigenvalue weighted by atomic mass is 16.3. The zero-order chi connectivity index (χ0) is 7.44. The fourth-order valence-electron chi connectivity index (χ4n) is 0.368. The van der Waals surface area contributed by atoms with Crippen LogP contribution in [0, 0.1) is 0 Å². The molecular formula is C5H10O4. The third kappa shape index (κ3) is 2.55. The molecule has 0 fully saturated rings. The van der Waals surface area contributed by atoms with Crippen molar-refractivity contribution in [1.82, 2.24) is 0 Å². The number of rotatable bonds is 3. The predicted molar refractivity (Wildman–Crippen MR) is 29.8 cm³/mol. The van der Waals surface area contributed by atoms with Gasteiger partial charge in [0.05, 0.1) is 6.61 Å². The molecule has 0 aromatic heterocycles. The van der Waals surface area contributed by atoms with Crippen molar-refractivity contribution in [2.24, 2.45) is 0 Å². The molecule has 0 bridgehead atoms. The summed E-state index contributed by atoms with van der Waals surface area (Å²) in [7, 11) is 0. The largest absolute Gasteiger partial charge is 0.393 e. The van der Waals surface area contributed by atoms with E-state index in [1.807, 2.05) is 0 Å². The van der Waals surface area contributed by atoms with Crippen LogP contribution in [0.5, 0.6) is 0 Å². The Morgan fingerprint density at radius 2 is 2.00 bits per heavy atom. The van der Waals surface area contributed by atoms with E-state index in [1.54, 1.807) is 0 Å². The molecule has 0 aromatic carbocycles. The van der Waals surface area contributed by atoms with Gasteiger partial charge in [0.15, 0.2) is 5.78 Å². The molecule has 0 aliphatic heterocycles. The van der Waals surface area contributed by atoms with E-state index in [0.29, 0.717) is 0 Å². The maximum atomic E-state index is 10.4. The van der Waals surface area contributed by atoms with Crippen LogP contribution in [0.25, 0.3) is 0 Å². The Bertz CT molecular complexity index is 99.1. The monoisotopic (exact) mass is 134 g/mol. The van der Waals surface area contributed by atoms with E-state index >= 15 is 0 Å². The Morgan fingerprint density at radius 1 is 1.56 bits per heavy atom. The molecule has 0 aliphatic carbocycles. The average Bonchev–Trinajstić information content (AvgIpc) is 1.84. The van der Waals surface area contributed by atoms with Gasteiger partial charge in [0.25, 0.3) is 0 Å².